The number of hydrogen-bond donors (Lipinski definition) is 0. The lowest BCUT2D eigenvalue weighted by Crippen LogP contribution is -2.47. The van der Waals surface area contributed by atoms with Crippen LogP contribution in [0.2, 0.25) is 0 Å². The Bertz CT molecular complexity index is 599. The Labute approximate surface area is 132 Å². The average Bonchev–Trinajstić information content (AvgIpc) is 2.92. The quantitative estimate of drug-likeness (QED) is 0.738. The first-order chi connectivity index (χ1) is 9.91. The molecule has 0 aliphatic carbocycles. The lowest BCUT2D eigenvalue weighted by Gasteiger charge is -2.33. The van der Waals surface area contributed by atoms with Crippen molar-refractivity contribution in [3.05, 3.63) is 11.1 Å². The van der Waals surface area contributed by atoms with Crippen LogP contribution in [0.1, 0.15) is 12.1 Å². The smallest absolute Gasteiger partial charge is 0.305 e. The van der Waals surface area contributed by atoms with Gasteiger partial charge in [0, 0.05) is 36.1 Å². The molecule has 0 aromatic carbocycles. The monoisotopic (exact) mass is 350 g/mol. The number of hydrogen-bond acceptors (Lipinski definition) is 8. The Hall–Kier alpha value is -0.800. The number of sulfone groups is 1. The highest BCUT2D eigenvalue weighted by molar-refractivity contribution is 8.01. The largest absolute Gasteiger partial charge is 0.469 e. The van der Waals surface area contributed by atoms with Gasteiger partial charge in [0.05, 0.1) is 19.2 Å². The van der Waals surface area contributed by atoms with Crippen LogP contribution in [0, 0.1) is 0 Å². The number of anilines is 1. The van der Waals surface area contributed by atoms with Gasteiger partial charge >= 0.3 is 5.97 Å². The molecular formula is C12H18N2O4S3. The van der Waals surface area contributed by atoms with Gasteiger partial charge in [0.2, 0.25) is 0 Å². The van der Waals surface area contributed by atoms with E-state index < -0.39 is 15.2 Å². The van der Waals surface area contributed by atoms with Gasteiger partial charge in [-0.25, -0.2) is 13.4 Å². The summed E-state index contributed by atoms with van der Waals surface area (Å²) in [6.07, 6.45) is 2.06. The number of rotatable bonds is 5. The predicted octanol–water partition coefficient (Wildman–Crippen LogP) is 1.17. The second-order valence-corrected chi connectivity index (χ2v) is 8.94. The first-order valence-corrected chi connectivity index (χ1v) is 10.4. The number of aryl methyl sites for hydroxylation is 1. The molecule has 1 aromatic heterocycles. The van der Waals surface area contributed by atoms with E-state index >= 15 is 0 Å². The number of methoxy groups -OCH3 is 1. The molecule has 1 saturated heterocycles. The van der Waals surface area contributed by atoms with E-state index in [9.17, 15) is 13.2 Å². The molecule has 1 aromatic rings. The van der Waals surface area contributed by atoms with Gasteiger partial charge in [-0.3, -0.25) is 4.79 Å². The molecule has 0 radical (unpaired) electrons. The summed E-state index contributed by atoms with van der Waals surface area (Å²) in [7, 11) is -1.79. The standard InChI is InChI=1S/C12H18N2O4S3/c1-18-11(15)4-3-9-7-20-12(13-9)14-5-6-19-8-10(14)21(2,16)17/h7,10H,3-6,8H2,1-2H3. The number of ether oxygens (including phenoxy) is 1. The second-order valence-electron chi connectivity index (χ2n) is 4.75. The fraction of sp³-hybridized carbons (Fsp3) is 0.667. The van der Waals surface area contributed by atoms with Gasteiger partial charge < -0.3 is 9.64 Å². The minimum atomic E-state index is -3.15. The van der Waals surface area contributed by atoms with Crippen LogP contribution in [-0.4, -0.2) is 56.2 Å². The fourth-order valence-electron chi connectivity index (χ4n) is 2.03. The van der Waals surface area contributed by atoms with Crippen molar-refractivity contribution in [3.8, 4) is 0 Å². The molecule has 2 heterocycles. The van der Waals surface area contributed by atoms with E-state index in [1.54, 1.807) is 11.8 Å². The number of thioether (sulfide) groups is 1. The Kier molecular flexibility index (Phi) is 5.50. The summed E-state index contributed by atoms with van der Waals surface area (Å²) in [6.45, 7) is 0.673. The van der Waals surface area contributed by atoms with Crippen LogP contribution in [0.5, 0.6) is 0 Å². The maximum Gasteiger partial charge on any atom is 0.305 e. The van der Waals surface area contributed by atoms with Crippen molar-refractivity contribution in [2.75, 3.05) is 36.3 Å². The Balaban J connectivity index is 2.10. The maximum absolute atomic E-state index is 11.9. The van der Waals surface area contributed by atoms with Crippen LogP contribution in [0.4, 0.5) is 5.13 Å². The summed E-state index contributed by atoms with van der Waals surface area (Å²) in [6, 6.07) is 0. The summed E-state index contributed by atoms with van der Waals surface area (Å²) < 4.78 is 28.4. The minimum Gasteiger partial charge on any atom is -0.469 e. The van der Waals surface area contributed by atoms with E-state index in [-0.39, 0.29) is 12.4 Å². The molecule has 2 rings (SSSR count). The van der Waals surface area contributed by atoms with Crippen LogP contribution in [0.15, 0.2) is 5.38 Å². The highest BCUT2D eigenvalue weighted by Gasteiger charge is 2.32. The van der Waals surface area contributed by atoms with Crippen LogP contribution in [0.25, 0.3) is 0 Å². The molecule has 6 nitrogen and oxygen atoms in total. The van der Waals surface area contributed by atoms with E-state index in [4.69, 9.17) is 0 Å². The number of carbonyl (C=O) groups excluding carboxylic acids is 1. The summed E-state index contributed by atoms with van der Waals surface area (Å²) >= 11 is 3.07. The number of aromatic nitrogens is 1. The summed E-state index contributed by atoms with van der Waals surface area (Å²) in [4.78, 5) is 17.5. The summed E-state index contributed by atoms with van der Waals surface area (Å²) in [5.74, 6) is 1.19. The molecule has 0 N–H and O–H groups in total. The van der Waals surface area contributed by atoms with Gasteiger partial charge in [-0.05, 0) is 0 Å². The second kappa shape index (κ2) is 6.97. The van der Waals surface area contributed by atoms with E-state index in [0.717, 1.165) is 11.4 Å². The van der Waals surface area contributed by atoms with E-state index in [1.165, 1.54) is 24.7 Å². The SMILES string of the molecule is COC(=O)CCc1csc(N2CCSCC2S(C)(=O)=O)n1. The highest BCUT2D eigenvalue weighted by atomic mass is 32.2. The fourth-order valence-corrected chi connectivity index (χ4v) is 5.85. The van der Waals surface area contributed by atoms with E-state index in [1.807, 2.05) is 10.3 Å². The van der Waals surface area contributed by atoms with Crippen molar-refractivity contribution in [2.45, 2.75) is 18.2 Å². The zero-order chi connectivity index (χ0) is 15.5. The van der Waals surface area contributed by atoms with E-state index in [2.05, 4.69) is 9.72 Å². The number of nitrogens with zero attached hydrogens (tertiary/aromatic N) is 2. The van der Waals surface area contributed by atoms with Crippen molar-refractivity contribution in [3.63, 3.8) is 0 Å². The average molecular weight is 350 g/mol. The minimum absolute atomic E-state index is 0.270. The molecular weight excluding hydrogens is 332 g/mol. The van der Waals surface area contributed by atoms with Crippen LogP contribution in [0.3, 0.4) is 0 Å². The van der Waals surface area contributed by atoms with Crippen LogP contribution < -0.4 is 4.90 Å². The zero-order valence-electron chi connectivity index (χ0n) is 11.9. The maximum atomic E-state index is 11.9. The molecule has 1 unspecified atom stereocenters. The normalized spacial score (nSPS) is 19.5. The molecule has 9 heteroatoms. The molecule has 1 aliphatic rings. The summed E-state index contributed by atoms with van der Waals surface area (Å²) in [5, 5.41) is 2.07. The highest BCUT2D eigenvalue weighted by Crippen LogP contribution is 2.29. The Morgan fingerprint density at radius 2 is 2.33 bits per heavy atom. The number of thiazole rings is 1. The molecule has 118 valence electrons. The van der Waals surface area contributed by atoms with Crippen molar-refractivity contribution in [1.82, 2.24) is 4.98 Å². The van der Waals surface area contributed by atoms with E-state index in [0.29, 0.717) is 23.8 Å². The Morgan fingerprint density at radius 3 is 3.00 bits per heavy atom. The van der Waals surface area contributed by atoms with Crippen molar-refractivity contribution >= 4 is 44.0 Å². The molecule has 1 aliphatic heterocycles. The van der Waals surface area contributed by atoms with Gasteiger partial charge in [-0.15, -0.1) is 11.3 Å². The van der Waals surface area contributed by atoms with Gasteiger partial charge in [0.25, 0.3) is 0 Å². The third-order valence-corrected chi connectivity index (χ3v) is 6.75. The third-order valence-electron chi connectivity index (χ3n) is 3.18. The third kappa shape index (κ3) is 4.33. The topological polar surface area (TPSA) is 76.6 Å². The lowest BCUT2D eigenvalue weighted by atomic mass is 10.2. The first kappa shape index (κ1) is 16.6. The number of esters is 1. The predicted molar refractivity (Wildman–Crippen MR) is 85.8 cm³/mol. The molecule has 21 heavy (non-hydrogen) atoms. The molecule has 0 saturated carbocycles. The van der Waals surface area contributed by atoms with Gasteiger partial charge in [-0.1, -0.05) is 0 Å². The summed E-state index contributed by atoms with van der Waals surface area (Å²) in [5.41, 5.74) is 0.797. The first-order valence-electron chi connectivity index (χ1n) is 6.46. The van der Waals surface area contributed by atoms with Crippen molar-refractivity contribution in [2.24, 2.45) is 0 Å². The Morgan fingerprint density at radius 1 is 1.57 bits per heavy atom. The van der Waals surface area contributed by atoms with Crippen LogP contribution >= 0.6 is 23.1 Å². The van der Waals surface area contributed by atoms with Gasteiger partial charge in [-0.2, -0.15) is 11.8 Å². The van der Waals surface area contributed by atoms with Crippen molar-refractivity contribution in [1.29, 1.82) is 0 Å². The number of carbonyl (C=O) groups is 1. The molecule has 0 spiro atoms. The zero-order valence-corrected chi connectivity index (χ0v) is 14.4. The van der Waals surface area contributed by atoms with Gasteiger partial charge in [0.15, 0.2) is 15.0 Å². The lowest BCUT2D eigenvalue weighted by molar-refractivity contribution is -0.140. The molecule has 1 atom stereocenters. The van der Waals surface area contributed by atoms with Crippen molar-refractivity contribution < 1.29 is 17.9 Å². The molecule has 0 bridgehead atoms. The van der Waals surface area contributed by atoms with Gasteiger partial charge in [0.1, 0.15) is 5.37 Å². The molecule has 0 amide bonds. The van der Waals surface area contributed by atoms with Crippen LogP contribution in [-0.2, 0) is 25.8 Å². The molecule has 1 fully saturated rings.